The molecular weight excluding hydrogens is 366 g/mol. The number of anilines is 1. The molecule has 4 rings (SSSR count). The molecule has 1 atom stereocenters. The number of rotatable bonds is 5. The zero-order valence-corrected chi connectivity index (χ0v) is 17.2. The van der Waals surface area contributed by atoms with E-state index in [-0.39, 0.29) is 6.04 Å². The zero-order chi connectivity index (χ0) is 19.2. The molecule has 2 N–H and O–H groups in total. The average molecular weight is 396 g/mol. The predicted molar refractivity (Wildman–Crippen MR) is 118 cm³/mol. The number of fused-ring (bicyclic) bond motifs is 1. The quantitative estimate of drug-likeness (QED) is 0.636. The first-order valence-corrected chi connectivity index (χ1v) is 11.1. The van der Waals surface area contributed by atoms with Crippen LogP contribution in [0.3, 0.4) is 0 Å². The number of allylic oxidation sites excluding steroid dienone is 1. The van der Waals surface area contributed by atoms with Gasteiger partial charge in [0.15, 0.2) is 0 Å². The monoisotopic (exact) mass is 395 g/mol. The second kappa shape index (κ2) is 9.58. The first kappa shape index (κ1) is 19.5. The van der Waals surface area contributed by atoms with Gasteiger partial charge in [-0.05, 0) is 74.0 Å². The summed E-state index contributed by atoms with van der Waals surface area (Å²) >= 11 is 6.67. The minimum absolute atomic E-state index is 0.0309. The molecule has 1 aliphatic carbocycles. The van der Waals surface area contributed by atoms with Gasteiger partial charge in [-0.1, -0.05) is 55.1 Å². The number of nitrogens with one attached hydrogen (secondary N) is 2. The van der Waals surface area contributed by atoms with E-state index < -0.39 is 0 Å². The zero-order valence-electron chi connectivity index (χ0n) is 16.5. The Morgan fingerprint density at radius 3 is 2.75 bits per heavy atom. The van der Waals surface area contributed by atoms with Crippen molar-refractivity contribution in [3.63, 3.8) is 0 Å². The molecule has 148 valence electrons. The van der Waals surface area contributed by atoms with Crippen LogP contribution in [0.5, 0.6) is 0 Å². The van der Waals surface area contributed by atoms with Gasteiger partial charge in [0.05, 0.1) is 22.4 Å². The number of hydrogen-bond donors (Lipinski definition) is 2. The maximum atomic E-state index is 6.67. The van der Waals surface area contributed by atoms with Gasteiger partial charge in [-0.3, -0.25) is 4.98 Å². The van der Waals surface area contributed by atoms with Crippen molar-refractivity contribution in [1.29, 1.82) is 0 Å². The third-order valence-corrected chi connectivity index (χ3v) is 6.33. The highest BCUT2D eigenvalue weighted by atomic mass is 35.5. The molecule has 1 aliphatic heterocycles. The van der Waals surface area contributed by atoms with Gasteiger partial charge in [-0.25, -0.2) is 0 Å². The largest absolute Gasteiger partial charge is 0.372 e. The molecule has 1 aromatic heterocycles. The van der Waals surface area contributed by atoms with Gasteiger partial charge >= 0.3 is 0 Å². The molecule has 0 bridgehead atoms. The molecule has 1 fully saturated rings. The Morgan fingerprint density at radius 2 is 1.93 bits per heavy atom. The molecule has 28 heavy (non-hydrogen) atoms. The number of hydrogen-bond acceptors (Lipinski definition) is 3. The highest BCUT2D eigenvalue weighted by Gasteiger charge is 2.19. The normalized spacial score (nSPS) is 19.2. The van der Waals surface area contributed by atoms with Crippen LogP contribution in [0.25, 0.3) is 0 Å². The van der Waals surface area contributed by atoms with E-state index >= 15 is 0 Å². The topological polar surface area (TPSA) is 37.0 Å². The van der Waals surface area contributed by atoms with Crippen LogP contribution < -0.4 is 10.6 Å². The Labute approximate surface area is 173 Å². The average Bonchev–Trinajstić information content (AvgIpc) is 2.99. The first-order valence-electron chi connectivity index (χ1n) is 10.7. The Balaban J connectivity index is 1.63. The Bertz CT molecular complexity index is 797. The summed E-state index contributed by atoms with van der Waals surface area (Å²) in [5.74, 6) is 0.689. The van der Waals surface area contributed by atoms with E-state index in [0.717, 1.165) is 42.3 Å². The molecule has 1 saturated carbocycles. The van der Waals surface area contributed by atoms with Gasteiger partial charge in [-0.15, -0.1) is 0 Å². The molecule has 0 radical (unpaired) electrons. The van der Waals surface area contributed by atoms with Gasteiger partial charge in [0.25, 0.3) is 0 Å². The Kier molecular flexibility index (Phi) is 6.66. The lowest BCUT2D eigenvalue weighted by atomic mass is 9.88. The fourth-order valence-electron chi connectivity index (χ4n) is 4.43. The van der Waals surface area contributed by atoms with E-state index in [9.17, 15) is 0 Å². The number of aromatic nitrogens is 1. The van der Waals surface area contributed by atoms with Crippen LogP contribution in [0.1, 0.15) is 55.0 Å². The van der Waals surface area contributed by atoms with Gasteiger partial charge < -0.3 is 10.6 Å². The molecule has 4 heteroatoms. The van der Waals surface area contributed by atoms with Crippen LogP contribution in [-0.4, -0.2) is 18.1 Å². The summed E-state index contributed by atoms with van der Waals surface area (Å²) in [4.78, 5) is 4.63. The summed E-state index contributed by atoms with van der Waals surface area (Å²) in [7, 11) is 0. The molecule has 0 saturated heterocycles. The third-order valence-electron chi connectivity index (χ3n) is 6.01. The molecule has 0 spiro atoms. The lowest BCUT2D eigenvalue weighted by Gasteiger charge is -2.23. The van der Waals surface area contributed by atoms with Crippen molar-refractivity contribution in [2.45, 2.75) is 51.0 Å². The van der Waals surface area contributed by atoms with Gasteiger partial charge in [0.1, 0.15) is 0 Å². The fourth-order valence-corrected chi connectivity index (χ4v) is 4.66. The first-order chi connectivity index (χ1) is 13.8. The van der Waals surface area contributed by atoms with Crippen LogP contribution in [0.2, 0.25) is 5.02 Å². The minimum atomic E-state index is 0.0309. The van der Waals surface area contributed by atoms with Gasteiger partial charge in [0, 0.05) is 6.20 Å². The smallest absolute Gasteiger partial charge is 0.0870 e. The highest BCUT2D eigenvalue weighted by molar-refractivity contribution is 6.33. The number of pyridine rings is 1. The fraction of sp³-hybridized carbons (Fsp3) is 0.458. The van der Waals surface area contributed by atoms with Crippen molar-refractivity contribution >= 4 is 17.3 Å². The van der Waals surface area contributed by atoms with Crippen molar-refractivity contribution in [3.8, 4) is 0 Å². The summed E-state index contributed by atoms with van der Waals surface area (Å²) < 4.78 is 0. The van der Waals surface area contributed by atoms with E-state index in [1.165, 1.54) is 43.2 Å². The van der Waals surface area contributed by atoms with Crippen molar-refractivity contribution < 1.29 is 0 Å². The molecule has 2 heterocycles. The molecule has 1 unspecified atom stereocenters. The lowest BCUT2D eigenvalue weighted by Crippen LogP contribution is -2.16. The van der Waals surface area contributed by atoms with Crippen LogP contribution in [0, 0.1) is 5.92 Å². The van der Waals surface area contributed by atoms with Crippen molar-refractivity contribution in [1.82, 2.24) is 10.3 Å². The molecular formula is C24H30ClN3. The van der Waals surface area contributed by atoms with Crippen molar-refractivity contribution in [3.05, 3.63) is 70.5 Å². The SMILES string of the molecule is Clc1ccc2c(c1NC(/C=C\C1CCCCC1)c1ccccn1)CCNCC2. The van der Waals surface area contributed by atoms with Crippen LogP contribution in [-0.2, 0) is 12.8 Å². The predicted octanol–water partition coefficient (Wildman–Crippen LogP) is 5.71. The van der Waals surface area contributed by atoms with Crippen molar-refractivity contribution in [2.75, 3.05) is 18.4 Å². The number of halogens is 1. The second-order valence-corrected chi connectivity index (χ2v) is 8.38. The minimum Gasteiger partial charge on any atom is -0.372 e. The van der Waals surface area contributed by atoms with Crippen molar-refractivity contribution in [2.24, 2.45) is 5.92 Å². The molecule has 2 aromatic rings. The van der Waals surface area contributed by atoms with Gasteiger partial charge in [0.2, 0.25) is 0 Å². The lowest BCUT2D eigenvalue weighted by molar-refractivity contribution is 0.418. The standard InChI is InChI=1S/C24H30ClN3/c25-21-11-10-19-13-16-26-17-14-20(19)24(21)28-23(22-8-4-5-15-27-22)12-9-18-6-2-1-3-7-18/h4-5,8-12,15,18,23,26,28H,1-3,6-7,13-14,16-17H2/b12-9-. The van der Waals surface area contributed by atoms with E-state index in [4.69, 9.17) is 11.6 Å². The van der Waals surface area contributed by atoms with Gasteiger partial charge in [-0.2, -0.15) is 0 Å². The van der Waals surface area contributed by atoms with Crippen LogP contribution >= 0.6 is 11.6 Å². The third kappa shape index (κ3) is 4.76. The maximum absolute atomic E-state index is 6.67. The number of nitrogens with zero attached hydrogens (tertiary/aromatic N) is 1. The molecule has 3 nitrogen and oxygen atoms in total. The van der Waals surface area contributed by atoms with E-state index in [1.54, 1.807) is 0 Å². The van der Waals surface area contributed by atoms with E-state index in [0.29, 0.717) is 5.92 Å². The summed E-state index contributed by atoms with van der Waals surface area (Å²) in [6.07, 6.45) is 15.3. The summed E-state index contributed by atoms with van der Waals surface area (Å²) in [5.41, 5.74) is 4.86. The molecule has 1 aromatic carbocycles. The Morgan fingerprint density at radius 1 is 1.07 bits per heavy atom. The Hall–Kier alpha value is -1.84. The summed E-state index contributed by atoms with van der Waals surface area (Å²) in [5, 5.41) is 8.05. The second-order valence-electron chi connectivity index (χ2n) is 7.97. The number of benzene rings is 1. The van der Waals surface area contributed by atoms with Crippen LogP contribution in [0.15, 0.2) is 48.7 Å². The summed E-state index contributed by atoms with van der Waals surface area (Å²) in [6.45, 7) is 2.02. The molecule has 2 aliphatic rings. The molecule has 0 amide bonds. The van der Waals surface area contributed by atoms with E-state index in [2.05, 4.69) is 46.0 Å². The summed E-state index contributed by atoms with van der Waals surface area (Å²) in [6, 6.07) is 10.4. The van der Waals surface area contributed by atoms with Crippen LogP contribution in [0.4, 0.5) is 5.69 Å². The maximum Gasteiger partial charge on any atom is 0.0870 e. The highest BCUT2D eigenvalue weighted by Crippen LogP contribution is 2.34. The van der Waals surface area contributed by atoms with E-state index in [1.807, 2.05) is 18.3 Å².